The van der Waals surface area contributed by atoms with E-state index in [9.17, 15) is 13.2 Å². The van der Waals surface area contributed by atoms with Gasteiger partial charge in [0.1, 0.15) is 10.6 Å². The van der Waals surface area contributed by atoms with Crippen molar-refractivity contribution in [1.82, 2.24) is 9.29 Å². The van der Waals surface area contributed by atoms with Crippen LogP contribution in [0.15, 0.2) is 17.2 Å². The molecule has 0 saturated carbocycles. The Labute approximate surface area is 105 Å². The molecule has 8 heteroatoms. The van der Waals surface area contributed by atoms with E-state index in [1.807, 2.05) is 0 Å². The number of carboxylic acids is 1. The summed E-state index contributed by atoms with van der Waals surface area (Å²) in [5, 5.41) is 17.8. The van der Waals surface area contributed by atoms with Gasteiger partial charge in [0.2, 0.25) is 10.0 Å². The van der Waals surface area contributed by atoms with E-state index in [-0.39, 0.29) is 17.2 Å². The smallest absolute Gasteiger partial charge is 0.352 e. The van der Waals surface area contributed by atoms with Gasteiger partial charge in [0.25, 0.3) is 0 Å². The number of aryl methyl sites for hydroxylation is 1. The third kappa shape index (κ3) is 3.09. The minimum Gasteiger partial charge on any atom is -0.477 e. The van der Waals surface area contributed by atoms with Crippen molar-refractivity contribution < 1.29 is 23.4 Å². The summed E-state index contributed by atoms with van der Waals surface area (Å²) in [4.78, 5) is 10.7. The summed E-state index contributed by atoms with van der Waals surface area (Å²) in [5.41, 5.74) is -0.118. The Bertz CT molecular complexity index is 530. The predicted molar refractivity (Wildman–Crippen MR) is 63.9 cm³/mol. The Morgan fingerprint density at radius 3 is 2.56 bits per heavy atom. The lowest BCUT2D eigenvalue weighted by Gasteiger charge is -2.13. The van der Waals surface area contributed by atoms with Gasteiger partial charge in [-0.25, -0.2) is 17.9 Å². The van der Waals surface area contributed by atoms with Crippen LogP contribution in [0.25, 0.3) is 0 Å². The quantitative estimate of drug-likeness (QED) is 0.665. The van der Waals surface area contributed by atoms with Crippen LogP contribution < -0.4 is 4.72 Å². The number of sulfonamides is 1. The molecule has 0 spiro atoms. The summed E-state index contributed by atoms with van der Waals surface area (Å²) < 4.78 is 27.4. The molecule has 0 aromatic carbocycles. The van der Waals surface area contributed by atoms with Crippen molar-refractivity contribution >= 4 is 16.0 Å². The van der Waals surface area contributed by atoms with E-state index in [4.69, 9.17) is 10.2 Å². The van der Waals surface area contributed by atoms with E-state index in [1.165, 1.54) is 17.8 Å². The van der Waals surface area contributed by atoms with Crippen LogP contribution in [0.4, 0.5) is 0 Å². The lowest BCUT2D eigenvalue weighted by Crippen LogP contribution is -2.36. The molecule has 102 valence electrons. The average molecular weight is 276 g/mol. The summed E-state index contributed by atoms with van der Waals surface area (Å²) >= 11 is 0. The van der Waals surface area contributed by atoms with E-state index in [2.05, 4.69) is 4.72 Å². The first-order valence-corrected chi connectivity index (χ1v) is 6.83. The number of aliphatic hydroxyl groups excluding tert-OH is 1. The number of rotatable bonds is 6. The summed E-state index contributed by atoms with van der Waals surface area (Å²) in [7, 11) is -2.36. The van der Waals surface area contributed by atoms with Crippen LogP contribution in [0.2, 0.25) is 0 Å². The third-order valence-electron chi connectivity index (χ3n) is 2.54. The van der Waals surface area contributed by atoms with Gasteiger partial charge in [-0.15, -0.1) is 0 Å². The highest BCUT2D eigenvalue weighted by molar-refractivity contribution is 7.89. The van der Waals surface area contributed by atoms with E-state index >= 15 is 0 Å². The number of nitrogens with one attached hydrogen (secondary N) is 1. The van der Waals surface area contributed by atoms with Crippen molar-refractivity contribution in [3.05, 3.63) is 18.0 Å². The van der Waals surface area contributed by atoms with Crippen LogP contribution >= 0.6 is 0 Å². The van der Waals surface area contributed by atoms with Gasteiger partial charge in [-0.3, -0.25) is 0 Å². The first kappa shape index (κ1) is 14.7. The number of nitrogens with zero attached hydrogens (tertiary/aromatic N) is 1. The predicted octanol–water partition coefficient (Wildman–Crippen LogP) is -0.227. The molecule has 1 heterocycles. The molecule has 0 fully saturated rings. The van der Waals surface area contributed by atoms with Gasteiger partial charge in [-0.2, -0.15) is 0 Å². The summed E-state index contributed by atoms with van der Waals surface area (Å²) in [6.45, 7) is 1.42. The van der Waals surface area contributed by atoms with Crippen LogP contribution in [-0.2, 0) is 17.1 Å². The van der Waals surface area contributed by atoms with E-state index in [0.717, 1.165) is 6.07 Å². The van der Waals surface area contributed by atoms with Crippen molar-refractivity contribution in [2.45, 2.75) is 24.3 Å². The van der Waals surface area contributed by atoms with Crippen molar-refractivity contribution in [3.63, 3.8) is 0 Å². The molecule has 0 amide bonds. The van der Waals surface area contributed by atoms with Crippen molar-refractivity contribution in [2.75, 3.05) is 6.61 Å². The second-order valence-electron chi connectivity index (χ2n) is 3.89. The van der Waals surface area contributed by atoms with Gasteiger partial charge in [-0.05, 0) is 12.5 Å². The highest BCUT2D eigenvalue weighted by atomic mass is 32.2. The average Bonchev–Trinajstić information content (AvgIpc) is 2.69. The summed E-state index contributed by atoms with van der Waals surface area (Å²) in [6, 6.07) is 0.498. The van der Waals surface area contributed by atoms with E-state index < -0.39 is 22.0 Å². The maximum Gasteiger partial charge on any atom is 0.352 e. The SMILES string of the molecule is CC[C@H](CO)NS(=O)(=O)c1cc(C(=O)O)n(C)c1. The van der Waals surface area contributed by atoms with Crippen LogP contribution in [0.3, 0.4) is 0 Å². The Morgan fingerprint density at radius 1 is 1.56 bits per heavy atom. The highest BCUT2D eigenvalue weighted by Gasteiger charge is 2.22. The Hall–Kier alpha value is -1.38. The molecule has 0 radical (unpaired) electrons. The Balaban J connectivity index is 3.06. The number of hydrogen-bond acceptors (Lipinski definition) is 4. The summed E-state index contributed by atoms with van der Waals surface area (Å²) in [5.74, 6) is -1.20. The third-order valence-corrected chi connectivity index (χ3v) is 4.03. The van der Waals surface area contributed by atoms with Gasteiger partial charge in [0, 0.05) is 19.3 Å². The standard InChI is InChI=1S/C10H16N2O5S/c1-3-7(6-13)11-18(16,17)8-4-9(10(14)15)12(2)5-8/h4-5,7,11,13H,3,6H2,1-2H3,(H,14,15)/t7-/m1/s1. The first-order chi connectivity index (χ1) is 8.31. The normalized spacial score (nSPS) is 13.5. The molecule has 0 saturated heterocycles. The molecule has 0 bridgehead atoms. The molecule has 18 heavy (non-hydrogen) atoms. The van der Waals surface area contributed by atoms with Crippen molar-refractivity contribution in [1.29, 1.82) is 0 Å². The van der Waals surface area contributed by atoms with Crippen LogP contribution in [0, 0.1) is 0 Å². The van der Waals surface area contributed by atoms with Gasteiger partial charge >= 0.3 is 5.97 Å². The topological polar surface area (TPSA) is 109 Å². The molecule has 7 nitrogen and oxygen atoms in total. The van der Waals surface area contributed by atoms with Crippen LogP contribution in [0.1, 0.15) is 23.8 Å². The number of aromatic nitrogens is 1. The van der Waals surface area contributed by atoms with Crippen molar-refractivity contribution in [3.8, 4) is 0 Å². The minimum absolute atomic E-state index is 0.118. The lowest BCUT2D eigenvalue weighted by molar-refractivity contribution is 0.0686. The molecular formula is C10H16N2O5S. The zero-order valence-electron chi connectivity index (χ0n) is 10.1. The monoisotopic (exact) mass is 276 g/mol. The van der Waals surface area contributed by atoms with Crippen LogP contribution in [-0.4, -0.2) is 41.8 Å². The maximum atomic E-state index is 11.9. The number of aromatic carboxylic acids is 1. The Morgan fingerprint density at radius 2 is 2.17 bits per heavy atom. The van der Waals surface area contributed by atoms with Gasteiger partial charge in [0.15, 0.2) is 0 Å². The molecule has 0 aliphatic heterocycles. The number of carbonyl (C=O) groups is 1. The zero-order chi connectivity index (χ0) is 13.9. The number of aliphatic hydroxyl groups is 1. The zero-order valence-corrected chi connectivity index (χ0v) is 10.9. The maximum absolute atomic E-state index is 11.9. The molecule has 0 unspecified atom stereocenters. The molecule has 1 aromatic rings. The van der Waals surface area contributed by atoms with Gasteiger partial charge < -0.3 is 14.8 Å². The Kier molecular flexibility index (Phi) is 4.49. The lowest BCUT2D eigenvalue weighted by atomic mass is 10.3. The van der Waals surface area contributed by atoms with E-state index in [0.29, 0.717) is 6.42 Å². The second-order valence-corrected chi connectivity index (χ2v) is 5.60. The number of hydrogen-bond donors (Lipinski definition) is 3. The molecule has 0 aliphatic rings. The first-order valence-electron chi connectivity index (χ1n) is 5.34. The molecule has 1 rings (SSSR count). The number of carboxylic acid groups (broad SMARTS) is 1. The molecule has 0 aliphatic carbocycles. The molecular weight excluding hydrogens is 260 g/mol. The van der Waals surface area contributed by atoms with Crippen LogP contribution in [0.5, 0.6) is 0 Å². The fourth-order valence-electron chi connectivity index (χ4n) is 1.43. The van der Waals surface area contributed by atoms with Crippen molar-refractivity contribution in [2.24, 2.45) is 7.05 Å². The molecule has 3 N–H and O–H groups in total. The van der Waals surface area contributed by atoms with E-state index in [1.54, 1.807) is 6.92 Å². The fourth-order valence-corrected chi connectivity index (χ4v) is 2.81. The largest absolute Gasteiger partial charge is 0.477 e. The molecule has 1 aromatic heterocycles. The summed E-state index contributed by atoms with van der Waals surface area (Å²) in [6.07, 6.45) is 1.66. The van der Waals surface area contributed by atoms with Gasteiger partial charge in [-0.1, -0.05) is 6.92 Å². The fraction of sp³-hybridized carbons (Fsp3) is 0.500. The second kappa shape index (κ2) is 5.51. The van der Waals surface area contributed by atoms with Gasteiger partial charge in [0.05, 0.1) is 6.61 Å². The molecule has 1 atom stereocenters. The minimum atomic E-state index is -3.81. The highest BCUT2D eigenvalue weighted by Crippen LogP contribution is 2.14.